The van der Waals surface area contributed by atoms with E-state index in [1.807, 2.05) is 64.1 Å². The number of rotatable bonds is 7. The highest BCUT2D eigenvalue weighted by Crippen LogP contribution is 2.30. The zero-order chi connectivity index (χ0) is 21.7. The number of ether oxygens (including phenoxy) is 2. The molecule has 6 nitrogen and oxygen atoms in total. The van der Waals surface area contributed by atoms with Gasteiger partial charge in [0.15, 0.2) is 11.5 Å². The van der Waals surface area contributed by atoms with Gasteiger partial charge in [0, 0.05) is 11.8 Å². The van der Waals surface area contributed by atoms with Crippen LogP contribution >= 0.6 is 0 Å². The van der Waals surface area contributed by atoms with Gasteiger partial charge in [-0.3, -0.25) is 4.79 Å². The number of carbonyl (C=O) groups excluding carboxylic acids is 1. The molecule has 2 aromatic carbocycles. The van der Waals surface area contributed by atoms with Crippen molar-refractivity contribution >= 4 is 17.7 Å². The number of anilines is 1. The van der Waals surface area contributed by atoms with Crippen LogP contribution in [0.4, 0.5) is 5.69 Å². The number of amides is 1. The Morgan fingerprint density at radius 1 is 1.13 bits per heavy atom. The molecule has 0 saturated heterocycles. The molecule has 0 unspecified atom stereocenters. The first-order chi connectivity index (χ1) is 14.4. The number of methoxy groups -OCH3 is 1. The quantitative estimate of drug-likeness (QED) is 0.550. The van der Waals surface area contributed by atoms with Crippen LogP contribution in [0.5, 0.6) is 11.5 Å². The Bertz CT molecular complexity index is 1060. The highest BCUT2D eigenvalue weighted by atomic mass is 16.5. The highest BCUT2D eigenvalue weighted by molar-refractivity contribution is 6.02. The van der Waals surface area contributed by atoms with E-state index in [-0.39, 0.29) is 5.91 Å². The summed E-state index contributed by atoms with van der Waals surface area (Å²) < 4.78 is 16.5. The fourth-order valence-electron chi connectivity index (χ4n) is 3.00. The summed E-state index contributed by atoms with van der Waals surface area (Å²) in [7, 11) is 1.58. The normalized spacial score (nSPS) is 11.0. The molecule has 1 N–H and O–H groups in total. The minimum Gasteiger partial charge on any atom is -0.493 e. The zero-order valence-corrected chi connectivity index (χ0v) is 17.9. The Morgan fingerprint density at radius 2 is 1.93 bits per heavy atom. The molecule has 1 amide bonds. The van der Waals surface area contributed by atoms with Crippen LogP contribution in [0.1, 0.15) is 33.7 Å². The lowest BCUT2D eigenvalue weighted by atomic mass is 10.1. The minimum atomic E-state index is -0.193. The summed E-state index contributed by atoms with van der Waals surface area (Å²) in [4.78, 5) is 12.3. The fourth-order valence-corrected chi connectivity index (χ4v) is 3.00. The van der Waals surface area contributed by atoms with Crippen molar-refractivity contribution in [3.63, 3.8) is 0 Å². The number of hydrogen-bond donors (Lipinski definition) is 1. The van der Waals surface area contributed by atoms with Crippen LogP contribution in [0, 0.1) is 27.7 Å². The maximum Gasteiger partial charge on any atom is 0.248 e. The Labute approximate surface area is 176 Å². The van der Waals surface area contributed by atoms with Crippen LogP contribution in [0.25, 0.3) is 6.08 Å². The molecule has 0 fully saturated rings. The Hall–Kier alpha value is -3.54. The van der Waals surface area contributed by atoms with Crippen molar-refractivity contribution in [3.8, 4) is 11.5 Å². The van der Waals surface area contributed by atoms with E-state index < -0.39 is 0 Å². The average Bonchev–Trinajstić information content (AvgIpc) is 3.06. The van der Waals surface area contributed by atoms with E-state index in [4.69, 9.17) is 14.0 Å². The Balaban J connectivity index is 1.68. The highest BCUT2D eigenvalue weighted by Gasteiger charge is 2.12. The van der Waals surface area contributed by atoms with Crippen LogP contribution in [0.15, 0.2) is 47.0 Å². The summed E-state index contributed by atoms with van der Waals surface area (Å²) in [5.74, 6) is 1.73. The van der Waals surface area contributed by atoms with Gasteiger partial charge in [-0.15, -0.1) is 0 Å². The minimum absolute atomic E-state index is 0.193. The van der Waals surface area contributed by atoms with E-state index in [0.29, 0.717) is 18.1 Å². The predicted molar refractivity (Wildman–Crippen MR) is 117 cm³/mol. The molecule has 30 heavy (non-hydrogen) atoms. The number of aromatic nitrogens is 1. The molecule has 6 heteroatoms. The molecule has 0 bridgehead atoms. The van der Waals surface area contributed by atoms with Crippen molar-refractivity contribution in [1.82, 2.24) is 5.16 Å². The second kappa shape index (κ2) is 9.31. The van der Waals surface area contributed by atoms with Crippen LogP contribution in [0.2, 0.25) is 0 Å². The SMILES string of the molecule is COc1cc(/C=C/C(=O)Nc2cccc(C)c2C)ccc1OCc1c(C)noc1C. The van der Waals surface area contributed by atoms with Gasteiger partial charge in [0.25, 0.3) is 0 Å². The van der Waals surface area contributed by atoms with Crippen molar-refractivity contribution in [2.45, 2.75) is 34.3 Å². The molecule has 0 atom stereocenters. The second-order valence-electron chi connectivity index (χ2n) is 7.07. The third-order valence-corrected chi connectivity index (χ3v) is 5.03. The van der Waals surface area contributed by atoms with Crippen LogP contribution in [-0.4, -0.2) is 18.2 Å². The van der Waals surface area contributed by atoms with Crippen molar-refractivity contribution in [2.75, 3.05) is 12.4 Å². The number of nitrogens with zero attached hydrogens (tertiary/aromatic N) is 1. The Kier molecular flexibility index (Phi) is 6.57. The number of benzene rings is 2. The van der Waals surface area contributed by atoms with Gasteiger partial charge in [0.05, 0.1) is 18.4 Å². The molecule has 0 aliphatic rings. The number of nitrogens with one attached hydrogen (secondary N) is 1. The maximum absolute atomic E-state index is 12.3. The smallest absolute Gasteiger partial charge is 0.248 e. The van der Waals surface area contributed by atoms with Gasteiger partial charge in [-0.1, -0.05) is 23.4 Å². The molecule has 0 spiro atoms. The summed E-state index contributed by atoms with van der Waals surface area (Å²) >= 11 is 0. The van der Waals surface area contributed by atoms with Crippen LogP contribution in [0.3, 0.4) is 0 Å². The summed E-state index contributed by atoms with van der Waals surface area (Å²) in [5.41, 5.74) is 5.55. The molecule has 3 aromatic rings. The summed E-state index contributed by atoms with van der Waals surface area (Å²) in [6.45, 7) is 8.07. The molecule has 0 aliphatic carbocycles. The molecular formula is C24H26N2O4. The van der Waals surface area contributed by atoms with Crippen LogP contribution < -0.4 is 14.8 Å². The van der Waals surface area contributed by atoms with Crippen molar-refractivity contribution < 1.29 is 18.8 Å². The largest absolute Gasteiger partial charge is 0.493 e. The molecule has 3 rings (SSSR count). The van der Waals surface area contributed by atoms with E-state index in [9.17, 15) is 4.79 Å². The van der Waals surface area contributed by atoms with Gasteiger partial charge in [-0.2, -0.15) is 0 Å². The van der Waals surface area contributed by atoms with Crippen molar-refractivity contribution in [1.29, 1.82) is 0 Å². The second-order valence-corrected chi connectivity index (χ2v) is 7.07. The summed E-state index contributed by atoms with van der Waals surface area (Å²) in [5, 5.41) is 6.84. The third kappa shape index (κ3) is 4.89. The number of carbonyl (C=O) groups is 1. The lowest BCUT2D eigenvalue weighted by Crippen LogP contribution is -2.09. The van der Waals surface area contributed by atoms with Crippen LogP contribution in [-0.2, 0) is 11.4 Å². The monoisotopic (exact) mass is 406 g/mol. The molecule has 0 aliphatic heterocycles. The van der Waals surface area contributed by atoms with Crippen molar-refractivity contribution in [2.24, 2.45) is 0 Å². The topological polar surface area (TPSA) is 73.6 Å². The molecule has 0 radical (unpaired) electrons. The molecule has 1 aromatic heterocycles. The van der Waals surface area contributed by atoms with Gasteiger partial charge in [-0.25, -0.2) is 0 Å². The lowest BCUT2D eigenvalue weighted by Gasteiger charge is -2.11. The summed E-state index contributed by atoms with van der Waals surface area (Å²) in [6.07, 6.45) is 3.24. The van der Waals surface area contributed by atoms with E-state index in [2.05, 4.69) is 10.5 Å². The van der Waals surface area contributed by atoms with Gasteiger partial charge < -0.3 is 19.3 Å². The van der Waals surface area contributed by atoms with Gasteiger partial charge in [0.1, 0.15) is 12.4 Å². The molecule has 0 saturated carbocycles. The van der Waals surface area contributed by atoms with E-state index in [0.717, 1.165) is 39.4 Å². The van der Waals surface area contributed by atoms with Gasteiger partial charge >= 0.3 is 0 Å². The Morgan fingerprint density at radius 3 is 2.63 bits per heavy atom. The van der Waals surface area contributed by atoms with Gasteiger partial charge in [0.2, 0.25) is 5.91 Å². The van der Waals surface area contributed by atoms with E-state index in [1.54, 1.807) is 13.2 Å². The zero-order valence-electron chi connectivity index (χ0n) is 17.9. The molecule has 1 heterocycles. The number of aryl methyl sites for hydroxylation is 3. The first kappa shape index (κ1) is 21.2. The van der Waals surface area contributed by atoms with Gasteiger partial charge in [-0.05, 0) is 68.7 Å². The molecular weight excluding hydrogens is 380 g/mol. The van der Waals surface area contributed by atoms with E-state index >= 15 is 0 Å². The third-order valence-electron chi connectivity index (χ3n) is 5.03. The first-order valence-electron chi connectivity index (χ1n) is 9.67. The van der Waals surface area contributed by atoms with Crippen molar-refractivity contribution in [3.05, 3.63) is 76.2 Å². The summed E-state index contributed by atoms with van der Waals surface area (Å²) in [6, 6.07) is 11.3. The molecule has 156 valence electrons. The fraction of sp³-hybridized carbons (Fsp3) is 0.250. The lowest BCUT2D eigenvalue weighted by molar-refractivity contribution is -0.111. The number of hydrogen-bond acceptors (Lipinski definition) is 5. The maximum atomic E-state index is 12.3. The van der Waals surface area contributed by atoms with E-state index in [1.165, 1.54) is 6.08 Å². The average molecular weight is 406 g/mol. The first-order valence-corrected chi connectivity index (χ1v) is 9.67. The predicted octanol–water partition coefficient (Wildman–Crippen LogP) is 5.15. The standard InChI is InChI=1S/C24H26N2O4/c1-15-7-6-8-21(16(15)2)25-24(27)12-10-19-9-11-22(23(13-19)28-5)29-14-20-17(3)26-30-18(20)4/h6-13H,14H2,1-5H3,(H,25,27)/b12-10+.